The van der Waals surface area contributed by atoms with E-state index in [2.05, 4.69) is 20.3 Å². The SMILES string of the molecule is O=C(NCCCc1ccccn1)c1ccc2nc[nH]c2c1. The number of aromatic amines is 1. The number of aromatic nitrogens is 3. The van der Waals surface area contributed by atoms with Crippen LogP contribution >= 0.6 is 0 Å². The van der Waals surface area contributed by atoms with Crippen molar-refractivity contribution in [2.75, 3.05) is 6.54 Å². The Morgan fingerprint density at radius 3 is 3.00 bits per heavy atom. The van der Waals surface area contributed by atoms with Crippen LogP contribution in [0.5, 0.6) is 0 Å². The highest BCUT2D eigenvalue weighted by atomic mass is 16.1. The molecule has 1 aromatic carbocycles. The summed E-state index contributed by atoms with van der Waals surface area (Å²) < 4.78 is 0. The number of hydrogen-bond acceptors (Lipinski definition) is 3. The molecule has 0 aliphatic heterocycles. The fourth-order valence-corrected chi connectivity index (χ4v) is 2.20. The number of carbonyl (C=O) groups excluding carboxylic acids is 1. The predicted octanol–water partition coefficient (Wildman–Crippen LogP) is 2.32. The molecule has 0 unspecified atom stereocenters. The van der Waals surface area contributed by atoms with Crippen LogP contribution in [-0.2, 0) is 6.42 Å². The summed E-state index contributed by atoms with van der Waals surface area (Å²) >= 11 is 0. The summed E-state index contributed by atoms with van der Waals surface area (Å²) in [5, 5.41) is 2.93. The first-order valence-electron chi connectivity index (χ1n) is 6.94. The van der Waals surface area contributed by atoms with Crippen LogP contribution in [-0.4, -0.2) is 27.4 Å². The van der Waals surface area contributed by atoms with E-state index >= 15 is 0 Å². The van der Waals surface area contributed by atoms with Crippen LogP contribution in [0, 0.1) is 0 Å². The van der Waals surface area contributed by atoms with Gasteiger partial charge in [-0.25, -0.2) is 4.98 Å². The van der Waals surface area contributed by atoms with Crippen LogP contribution in [0.4, 0.5) is 0 Å². The van der Waals surface area contributed by atoms with Crippen molar-refractivity contribution >= 4 is 16.9 Å². The van der Waals surface area contributed by atoms with Gasteiger partial charge in [-0.2, -0.15) is 0 Å². The highest BCUT2D eigenvalue weighted by Crippen LogP contribution is 2.11. The number of nitrogens with one attached hydrogen (secondary N) is 2. The summed E-state index contributed by atoms with van der Waals surface area (Å²) in [5.74, 6) is -0.0625. The molecule has 0 spiro atoms. The monoisotopic (exact) mass is 280 g/mol. The average molecular weight is 280 g/mol. The molecule has 106 valence electrons. The molecule has 21 heavy (non-hydrogen) atoms. The second-order valence-corrected chi connectivity index (χ2v) is 4.81. The minimum Gasteiger partial charge on any atom is -0.352 e. The normalized spacial score (nSPS) is 10.7. The van der Waals surface area contributed by atoms with Crippen molar-refractivity contribution in [3.8, 4) is 0 Å². The van der Waals surface area contributed by atoms with Crippen LogP contribution in [0.25, 0.3) is 11.0 Å². The van der Waals surface area contributed by atoms with Gasteiger partial charge in [0.2, 0.25) is 0 Å². The number of pyridine rings is 1. The number of rotatable bonds is 5. The Kier molecular flexibility index (Phi) is 3.91. The molecule has 0 bridgehead atoms. The molecule has 2 heterocycles. The molecule has 0 atom stereocenters. The molecule has 5 heteroatoms. The third-order valence-corrected chi connectivity index (χ3v) is 3.30. The van der Waals surface area contributed by atoms with Crippen molar-refractivity contribution in [1.82, 2.24) is 20.3 Å². The Hall–Kier alpha value is -2.69. The van der Waals surface area contributed by atoms with Crippen LogP contribution in [0.15, 0.2) is 48.9 Å². The number of hydrogen-bond donors (Lipinski definition) is 2. The van der Waals surface area contributed by atoms with E-state index in [1.807, 2.05) is 30.3 Å². The summed E-state index contributed by atoms with van der Waals surface area (Å²) in [6.45, 7) is 0.635. The minimum absolute atomic E-state index is 0.0625. The van der Waals surface area contributed by atoms with E-state index in [1.54, 1.807) is 18.6 Å². The Balaban J connectivity index is 1.52. The van der Waals surface area contributed by atoms with E-state index in [-0.39, 0.29) is 5.91 Å². The first-order valence-corrected chi connectivity index (χ1v) is 6.94. The molecule has 2 N–H and O–H groups in total. The summed E-state index contributed by atoms with van der Waals surface area (Å²) in [6.07, 6.45) is 5.14. The Morgan fingerprint density at radius 1 is 1.19 bits per heavy atom. The lowest BCUT2D eigenvalue weighted by Gasteiger charge is -2.05. The molecule has 3 rings (SSSR count). The summed E-state index contributed by atoms with van der Waals surface area (Å²) in [7, 11) is 0. The number of amides is 1. The van der Waals surface area contributed by atoms with Gasteiger partial charge in [0.1, 0.15) is 0 Å². The first kappa shape index (κ1) is 13.3. The molecule has 2 aromatic heterocycles. The average Bonchev–Trinajstić information content (AvgIpc) is 3.00. The van der Waals surface area contributed by atoms with Crippen LogP contribution in [0.3, 0.4) is 0 Å². The zero-order chi connectivity index (χ0) is 14.5. The van der Waals surface area contributed by atoms with Gasteiger partial charge in [-0.1, -0.05) is 6.07 Å². The number of nitrogens with zero attached hydrogens (tertiary/aromatic N) is 2. The second-order valence-electron chi connectivity index (χ2n) is 4.81. The number of aryl methyl sites for hydroxylation is 1. The van der Waals surface area contributed by atoms with Crippen molar-refractivity contribution in [2.45, 2.75) is 12.8 Å². The molecule has 0 aliphatic carbocycles. The maximum Gasteiger partial charge on any atom is 0.251 e. The molecule has 0 aliphatic rings. The third kappa shape index (κ3) is 3.25. The van der Waals surface area contributed by atoms with Gasteiger partial charge in [0.05, 0.1) is 17.4 Å². The molecule has 5 nitrogen and oxygen atoms in total. The molecule has 0 fully saturated rings. The van der Waals surface area contributed by atoms with Gasteiger partial charge in [-0.05, 0) is 43.2 Å². The van der Waals surface area contributed by atoms with Crippen LogP contribution in [0.2, 0.25) is 0 Å². The first-order chi connectivity index (χ1) is 10.3. The highest BCUT2D eigenvalue weighted by molar-refractivity contribution is 5.97. The Labute approximate surface area is 122 Å². The van der Waals surface area contributed by atoms with Crippen LogP contribution in [0.1, 0.15) is 22.5 Å². The van der Waals surface area contributed by atoms with Gasteiger partial charge in [0.15, 0.2) is 0 Å². The van der Waals surface area contributed by atoms with Crippen molar-refractivity contribution in [3.63, 3.8) is 0 Å². The molecule has 1 amide bonds. The van der Waals surface area contributed by atoms with E-state index in [1.165, 1.54) is 0 Å². The van der Waals surface area contributed by atoms with Gasteiger partial charge >= 0.3 is 0 Å². The predicted molar refractivity (Wildman–Crippen MR) is 81.0 cm³/mol. The summed E-state index contributed by atoms with van der Waals surface area (Å²) in [5.41, 5.74) is 3.42. The molecule has 0 radical (unpaired) electrons. The topological polar surface area (TPSA) is 70.7 Å². The second kappa shape index (κ2) is 6.17. The van der Waals surface area contributed by atoms with Gasteiger partial charge in [0, 0.05) is 24.0 Å². The maximum absolute atomic E-state index is 12.1. The number of carbonyl (C=O) groups is 1. The molecular weight excluding hydrogens is 264 g/mol. The van der Waals surface area contributed by atoms with Crippen molar-refractivity contribution in [2.24, 2.45) is 0 Å². The largest absolute Gasteiger partial charge is 0.352 e. The summed E-state index contributed by atoms with van der Waals surface area (Å²) in [6, 6.07) is 11.3. The smallest absolute Gasteiger partial charge is 0.251 e. The van der Waals surface area contributed by atoms with Gasteiger partial charge in [-0.15, -0.1) is 0 Å². The van der Waals surface area contributed by atoms with Gasteiger partial charge in [-0.3, -0.25) is 9.78 Å². The minimum atomic E-state index is -0.0625. The molecule has 0 saturated heterocycles. The van der Waals surface area contributed by atoms with Crippen molar-refractivity contribution < 1.29 is 4.79 Å². The Bertz CT molecular complexity index is 736. The van der Waals surface area contributed by atoms with E-state index in [0.29, 0.717) is 12.1 Å². The van der Waals surface area contributed by atoms with Gasteiger partial charge in [0.25, 0.3) is 5.91 Å². The standard InChI is InChI=1S/C16H16N4O/c21-16(12-6-7-14-15(10-12)20-11-19-14)18-9-3-5-13-4-1-2-8-17-13/h1-2,4,6-8,10-11H,3,5,9H2,(H,18,21)(H,19,20). The number of H-pyrrole nitrogens is 1. The fraction of sp³-hybridized carbons (Fsp3) is 0.188. The zero-order valence-electron chi connectivity index (χ0n) is 11.5. The quantitative estimate of drug-likeness (QED) is 0.705. The fourth-order valence-electron chi connectivity index (χ4n) is 2.20. The molecule has 3 aromatic rings. The lowest BCUT2D eigenvalue weighted by atomic mass is 10.2. The van der Waals surface area contributed by atoms with E-state index in [0.717, 1.165) is 29.6 Å². The zero-order valence-corrected chi connectivity index (χ0v) is 11.5. The van der Waals surface area contributed by atoms with Crippen molar-refractivity contribution in [1.29, 1.82) is 0 Å². The van der Waals surface area contributed by atoms with E-state index in [9.17, 15) is 4.79 Å². The summed E-state index contributed by atoms with van der Waals surface area (Å²) in [4.78, 5) is 23.5. The molecular formula is C16H16N4O. The molecule has 0 saturated carbocycles. The lowest BCUT2D eigenvalue weighted by molar-refractivity contribution is 0.0953. The number of fused-ring (bicyclic) bond motifs is 1. The number of imidazole rings is 1. The van der Waals surface area contributed by atoms with E-state index < -0.39 is 0 Å². The lowest BCUT2D eigenvalue weighted by Crippen LogP contribution is -2.24. The Morgan fingerprint density at radius 2 is 2.14 bits per heavy atom. The van der Waals surface area contributed by atoms with Crippen molar-refractivity contribution in [3.05, 3.63) is 60.2 Å². The maximum atomic E-state index is 12.1. The highest BCUT2D eigenvalue weighted by Gasteiger charge is 2.06. The number of benzene rings is 1. The third-order valence-electron chi connectivity index (χ3n) is 3.30. The van der Waals surface area contributed by atoms with Crippen LogP contribution < -0.4 is 5.32 Å². The van der Waals surface area contributed by atoms with E-state index in [4.69, 9.17) is 0 Å². The van der Waals surface area contributed by atoms with Gasteiger partial charge < -0.3 is 10.3 Å².